The molecule has 2 aromatic heterocycles. The van der Waals surface area contributed by atoms with Gasteiger partial charge in [0, 0.05) is 12.2 Å². The molecule has 4 rings (SSSR count). The lowest BCUT2D eigenvalue weighted by Crippen LogP contribution is -2.06. The number of hydrogen-bond acceptors (Lipinski definition) is 4. The number of aromatic nitrogens is 3. The van der Waals surface area contributed by atoms with E-state index >= 15 is 0 Å². The van der Waals surface area contributed by atoms with Gasteiger partial charge in [-0.1, -0.05) is 24.3 Å². The fraction of sp³-hybridized carbons (Fsp3) is 0.368. The highest BCUT2D eigenvalue weighted by atomic mass is 15.1. The molecule has 1 fully saturated rings. The van der Waals surface area contributed by atoms with Crippen molar-refractivity contribution < 1.29 is 0 Å². The molecule has 0 spiro atoms. The smallest absolute Gasteiger partial charge is 0.145 e. The van der Waals surface area contributed by atoms with Crippen LogP contribution in [0.25, 0.3) is 11.0 Å². The van der Waals surface area contributed by atoms with Gasteiger partial charge in [0.25, 0.3) is 0 Å². The molecule has 24 heavy (non-hydrogen) atoms. The molecule has 1 aliphatic carbocycles. The van der Waals surface area contributed by atoms with E-state index in [1.807, 2.05) is 6.07 Å². The lowest BCUT2D eigenvalue weighted by molar-refractivity contribution is 0.523. The standard InChI is InChI=1S/C19H23N5/c20-8-6-13-2-1-3-14(10-13)15-4-5-16(11-15)24-9-7-17-18(21)22-12-23-19(17)24/h1-3,7,9-10,12,15-16H,4-6,8,11,20H2,(H2,21,22,23). The van der Waals surface area contributed by atoms with E-state index in [1.54, 1.807) is 6.33 Å². The molecule has 1 aliphatic rings. The minimum absolute atomic E-state index is 0.472. The van der Waals surface area contributed by atoms with Gasteiger partial charge in [0.2, 0.25) is 0 Å². The molecule has 0 bridgehead atoms. The molecule has 0 amide bonds. The van der Waals surface area contributed by atoms with Crippen LogP contribution in [-0.2, 0) is 6.42 Å². The molecule has 0 saturated heterocycles. The predicted octanol–water partition coefficient (Wildman–Crippen LogP) is 3.02. The third-order valence-electron chi connectivity index (χ3n) is 5.19. The summed E-state index contributed by atoms with van der Waals surface area (Å²) in [5.74, 6) is 1.16. The quantitative estimate of drug-likeness (QED) is 0.774. The summed E-state index contributed by atoms with van der Waals surface area (Å²) in [4.78, 5) is 8.52. The van der Waals surface area contributed by atoms with E-state index in [0.717, 1.165) is 23.9 Å². The van der Waals surface area contributed by atoms with Gasteiger partial charge in [0.05, 0.1) is 5.39 Å². The fourth-order valence-corrected chi connectivity index (χ4v) is 3.97. The highest BCUT2D eigenvalue weighted by molar-refractivity contribution is 5.86. The molecule has 0 aliphatic heterocycles. The maximum Gasteiger partial charge on any atom is 0.145 e. The largest absolute Gasteiger partial charge is 0.383 e. The molecule has 4 N–H and O–H groups in total. The number of fused-ring (bicyclic) bond motifs is 1. The van der Waals surface area contributed by atoms with Crippen LogP contribution in [0.2, 0.25) is 0 Å². The normalized spacial score (nSPS) is 20.7. The van der Waals surface area contributed by atoms with Crippen LogP contribution in [-0.4, -0.2) is 21.1 Å². The van der Waals surface area contributed by atoms with Crippen LogP contribution in [0.1, 0.15) is 42.3 Å². The Hall–Kier alpha value is -2.40. The molecule has 124 valence electrons. The zero-order valence-electron chi connectivity index (χ0n) is 13.7. The molecular weight excluding hydrogens is 298 g/mol. The second-order valence-corrected chi connectivity index (χ2v) is 6.67. The molecule has 2 atom stereocenters. The second kappa shape index (κ2) is 6.24. The molecule has 5 nitrogen and oxygen atoms in total. The minimum atomic E-state index is 0.472. The summed E-state index contributed by atoms with van der Waals surface area (Å²) in [5.41, 5.74) is 15.4. The first-order chi connectivity index (χ1) is 11.8. The zero-order chi connectivity index (χ0) is 16.5. The van der Waals surface area contributed by atoms with E-state index in [9.17, 15) is 0 Å². The van der Waals surface area contributed by atoms with Crippen LogP contribution in [0, 0.1) is 0 Å². The molecule has 0 radical (unpaired) electrons. The van der Waals surface area contributed by atoms with E-state index in [-0.39, 0.29) is 0 Å². The molecular formula is C19H23N5. The van der Waals surface area contributed by atoms with E-state index < -0.39 is 0 Å². The van der Waals surface area contributed by atoms with Crippen LogP contribution in [0.15, 0.2) is 42.9 Å². The van der Waals surface area contributed by atoms with Crippen molar-refractivity contribution in [1.29, 1.82) is 0 Å². The Morgan fingerprint density at radius 1 is 1.17 bits per heavy atom. The average Bonchev–Trinajstić information content (AvgIpc) is 3.23. The molecule has 1 aromatic carbocycles. The lowest BCUT2D eigenvalue weighted by atomic mass is 9.95. The number of anilines is 1. The molecule has 5 heteroatoms. The summed E-state index contributed by atoms with van der Waals surface area (Å²) in [7, 11) is 0. The number of nitrogens with zero attached hydrogens (tertiary/aromatic N) is 3. The van der Waals surface area contributed by atoms with Crippen LogP contribution in [0.5, 0.6) is 0 Å². The van der Waals surface area contributed by atoms with Crippen molar-refractivity contribution in [2.24, 2.45) is 5.73 Å². The number of nitrogens with two attached hydrogens (primary N) is 2. The van der Waals surface area contributed by atoms with Gasteiger partial charge in [-0.3, -0.25) is 0 Å². The Kier molecular flexibility index (Phi) is 3.94. The number of nitrogen functional groups attached to an aromatic ring is 1. The van der Waals surface area contributed by atoms with Gasteiger partial charge < -0.3 is 16.0 Å². The van der Waals surface area contributed by atoms with Crippen molar-refractivity contribution in [2.45, 2.75) is 37.6 Å². The van der Waals surface area contributed by atoms with Crippen LogP contribution < -0.4 is 11.5 Å². The average molecular weight is 321 g/mol. The van der Waals surface area contributed by atoms with Crippen LogP contribution >= 0.6 is 0 Å². The monoisotopic (exact) mass is 321 g/mol. The van der Waals surface area contributed by atoms with Crippen LogP contribution in [0.4, 0.5) is 5.82 Å². The number of hydrogen-bond donors (Lipinski definition) is 2. The minimum Gasteiger partial charge on any atom is -0.383 e. The van der Waals surface area contributed by atoms with Gasteiger partial charge in [-0.05, 0) is 55.3 Å². The van der Waals surface area contributed by atoms with Gasteiger partial charge in [-0.15, -0.1) is 0 Å². The molecule has 1 saturated carbocycles. The summed E-state index contributed by atoms with van der Waals surface area (Å²) in [6.45, 7) is 0.702. The lowest BCUT2D eigenvalue weighted by Gasteiger charge is -2.15. The van der Waals surface area contributed by atoms with E-state index in [2.05, 4.69) is 45.0 Å². The Morgan fingerprint density at radius 3 is 2.96 bits per heavy atom. The first-order valence-corrected chi connectivity index (χ1v) is 8.62. The van der Waals surface area contributed by atoms with Crippen molar-refractivity contribution >= 4 is 16.9 Å². The number of rotatable bonds is 4. The van der Waals surface area contributed by atoms with Crippen molar-refractivity contribution in [2.75, 3.05) is 12.3 Å². The van der Waals surface area contributed by atoms with Gasteiger partial charge in [-0.2, -0.15) is 0 Å². The first-order valence-electron chi connectivity index (χ1n) is 8.62. The van der Waals surface area contributed by atoms with E-state index in [0.29, 0.717) is 24.3 Å². The maximum atomic E-state index is 5.96. The second-order valence-electron chi connectivity index (χ2n) is 6.67. The first kappa shape index (κ1) is 15.1. The summed E-state index contributed by atoms with van der Waals surface area (Å²) in [6, 6.07) is 11.4. The highest BCUT2D eigenvalue weighted by Gasteiger charge is 2.28. The van der Waals surface area contributed by atoms with Crippen molar-refractivity contribution in [3.05, 3.63) is 54.0 Å². The maximum absolute atomic E-state index is 5.96. The highest BCUT2D eigenvalue weighted by Crippen LogP contribution is 2.42. The predicted molar refractivity (Wildman–Crippen MR) is 96.8 cm³/mol. The Labute approximate surface area is 141 Å². The van der Waals surface area contributed by atoms with Gasteiger partial charge >= 0.3 is 0 Å². The molecule has 2 unspecified atom stereocenters. The fourth-order valence-electron chi connectivity index (χ4n) is 3.97. The van der Waals surface area contributed by atoms with E-state index in [4.69, 9.17) is 11.5 Å². The SMILES string of the molecule is NCCc1cccc(C2CCC(n3ccc4c(N)ncnc43)C2)c1. The van der Waals surface area contributed by atoms with Crippen molar-refractivity contribution in [3.63, 3.8) is 0 Å². The summed E-state index contributed by atoms with van der Waals surface area (Å²) >= 11 is 0. The zero-order valence-corrected chi connectivity index (χ0v) is 13.7. The Bertz CT molecular complexity index is 854. The van der Waals surface area contributed by atoms with Crippen LogP contribution in [0.3, 0.4) is 0 Å². The topological polar surface area (TPSA) is 82.8 Å². The molecule has 2 heterocycles. The van der Waals surface area contributed by atoms with Crippen molar-refractivity contribution in [3.8, 4) is 0 Å². The third kappa shape index (κ3) is 2.65. The molecule has 3 aromatic rings. The Morgan fingerprint density at radius 2 is 2.08 bits per heavy atom. The van der Waals surface area contributed by atoms with Gasteiger partial charge in [0.15, 0.2) is 0 Å². The van der Waals surface area contributed by atoms with E-state index in [1.165, 1.54) is 24.0 Å². The summed E-state index contributed by atoms with van der Waals surface area (Å²) in [6.07, 6.45) is 8.11. The third-order valence-corrected chi connectivity index (χ3v) is 5.19. The van der Waals surface area contributed by atoms with Gasteiger partial charge in [0.1, 0.15) is 17.8 Å². The number of benzene rings is 1. The summed E-state index contributed by atoms with van der Waals surface area (Å²) in [5, 5.41) is 0.950. The van der Waals surface area contributed by atoms with Crippen molar-refractivity contribution in [1.82, 2.24) is 14.5 Å². The van der Waals surface area contributed by atoms with Gasteiger partial charge in [-0.25, -0.2) is 9.97 Å². The summed E-state index contributed by atoms with van der Waals surface area (Å²) < 4.78 is 2.27. The Balaban J connectivity index is 1.58.